The summed E-state index contributed by atoms with van der Waals surface area (Å²) in [6, 6.07) is 7.23. The highest BCUT2D eigenvalue weighted by molar-refractivity contribution is 7.77. The molecule has 1 unspecified atom stereocenters. The first-order chi connectivity index (χ1) is 14.4. The highest BCUT2D eigenvalue weighted by Gasteiger charge is 2.18. The number of aromatic nitrogens is 6. The zero-order valence-corrected chi connectivity index (χ0v) is 17.1. The van der Waals surface area contributed by atoms with Crippen LogP contribution in [0.25, 0.3) is 17.2 Å². The first-order valence-corrected chi connectivity index (χ1v) is 10.1. The molecule has 1 atom stereocenters. The monoisotopic (exact) mass is 444 g/mol. The summed E-state index contributed by atoms with van der Waals surface area (Å²) < 4.78 is 25.7. The first-order valence-electron chi connectivity index (χ1n) is 8.60. The minimum Gasteiger partial charge on any atom is -0.760 e. The predicted molar refractivity (Wildman–Crippen MR) is 111 cm³/mol. The Hall–Kier alpha value is -3.19. The number of fused-ring (bicyclic) bond motifs is 1. The van der Waals surface area contributed by atoms with Gasteiger partial charge < -0.3 is 15.6 Å². The van der Waals surface area contributed by atoms with Gasteiger partial charge in [-0.15, -0.1) is 0 Å². The van der Waals surface area contributed by atoms with E-state index in [2.05, 4.69) is 35.0 Å². The molecule has 30 heavy (non-hydrogen) atoms. The summed E-state index contributed by atoms with van der Waals surface area (Å²) in [5.74, 6) is 1.39. The standard InChI is InChI=1S/C17H16ClN9O2S/c1-9-22-15(26-17(19)23-9)13-16(25-12-4-2-3-5-27(12)13)24-11-6-10(7-21-30(28)29)14(18)20-8-11/h2-6,8,21,24H,7H2,1H3,(H,28,29)(H2,19,22,23,26)/p-1. The summed E-state index contributed by atoms with van der Waals surface area (Å²) >= 11 is 3.65. The lowest BCUT2D eigenvalue weighted by atomic mass is 10.2. The second kappa shape index (κ2) is 8.28. The Morgan fingerprint density at radius 3 is 2.87 bits per heavy atom. The molecule has 0 fully saturated rings. The van der Waals surface area contributed by atoms with Gasteiger partial charge in [0.05, 0.1) is 11.9 Å². The Morgan fingerprint density at radius 1 is 1.27 bits per heavy atom. The molecule has 11 nitrogen and oxygen atoms in total. The summed E-state index contributed by atoms with van der Waals surface area (Å²) in [4.78, 5) is 21.4. The van der Waals surface area contributed by atoms with Crippen molar-refractivity contribution in [2.45, 2.75) is 13.5 Å². The number of aryl methyl sites for hydroxylation is 1. The molecule has 4 rings (SSSR count). The molecule has 4 N–H and O–H groups in total. The van der Waals surface area contributed by atoms with Crippen molar-refractivity contribution in [1.29, 1.82) is 0 Å². The number of nitrogens with zero attached hydrogens (tertiary/aromatic N) is 6. The van der Waals surface area contributed by atoms with Crippen LogP contribution in [0.2, 0.25) is 5.15 Å². The van der Waals surface area contributed by atoms with Crippen molar-refractivity contribution < 1.29 is 8.76 Å². The number of pyridine rings is 2. The lowest BCUT2D eigenvalue weighted by Crippen LogP contribution is -2.16. The number of nitrogen functional groups attached to an aromatic ring is 1. The maximum atomic E-state index is 10.8. The predicted octanol–water partition coefficient (Wildman–Crippen LogP) is 1.75. The smallest absolute Gasteiger partial charge is 0.223 e. The van der Waals surface area contributed by atoms with Gasteiger partial charge in [0.25, 0.3) is 0 Å². The summed E-state index contributed by atoms with van der Waals surface area (Å²) in [5, 5.41) is 3.37. The number of hydrogen-bond acceptors (Lipinski definition) is 9. The van der Waals surface area contributed by atoms with Crippen molar-refractivity contribution in [2.24, 2.45) is 0 Å². The van der Waals surface area contributed by atoms with Crippen LogP contribution in [-0.4, -0.2) is 38.1 Å². The summed E-state index contributed by atoms with van der Waals surface area (Å²) in [7, 11) is 0. The second-order valence-electron chi connectivity index (χ2n) is 6.16. The highest BCUT2D eigenvalue weighted by atomic mass is 35.5. The van der Waals surface area contributed by atoms with E-state index in [-0.39, 0.29) is 17.6 Å². The molecule has 0 aliphatic carbocycles. The summed E-state index contributed by atoms with van der Waals surface area (Å²) in [6.07, 6.45) is 3.35. The van der Waals surface area contributed by atoms with Crippen LogP contribution in [0.15, 0.2) is 36.7 Å². The van der Waals surface area contributed by atoms with Crippen molar-refractivity contribution in [1.82, 2.24) is 34.0 Å². The fourth-order valence-corrected chi connectivity index (χ4v) is 3.31. The number of halogens is 1. The topological polar surface area (TPSA) is 159 Å². The van der Waals surface area contributed by atoms with E-state index in [1.807, 2.05) is 28.8 Å². The quantitative estimate of drug-likeness (QED) is 0.297. The Balaban J connectivity index is 1.78. The maximum Gasteiger partial charge on any atom is 0.223 e. The number of nitrogens with one attached hydrogen (secondary N) is 2. The summed E-state index contributed by atoms with van der Waals surface area (Å²) in [5.41, 5.74) is 8.11. The fourth-order valence-electron chi connectivity index (χ4n) is 2.86. The van der Waals surface area contributed by atoms with Gasteiger partial charge in [-0.05, 0) is 25.1 Å². The molecule has 0 aliphatic heterocycles. The van der Waals surface area contributed by atoms with Crippen LogP contribution in [-0.2, 0) is 17.8 Å². The van der Waals surface area contributed by atoms with Gasteiger partial charge in [0.2, 0.25) is 5.95 Å². The molecular weight excluding hydrogens is 430 g/mol. The van der Waals surface area contributed by atoms with Crippen LogP contribution in [0.4, 0.5) is 17.5 Å². The van der Waals surface area contributed by atoms with E-state index >= 15 is 0 Å². The van der Waals surface area contributed by atoms with Gasteiger partial charge in [0.1, 0.15) is 22.3 Å². The van der Waals surface area contributed by atoms with Crippen LogP contribution >= 0.6 is 11.6 Å². The van der Waals surface area contributed by atoms with Crippen LogP contribution in [0.5, 0.6) is 0 Å². The van der Waals surface area contributed by atoms with Crippen LogP contribution in [0.1, 0.15) is 11.4 Å². The average Bonchev–Trinajstić information content (AvgIpc) is 3.05. The molecule has 0 aliphatic rings. The van der Waals surface area contributed by atoms with Crippen LogP contribution in [0.3, 0.4) is 0 Å². The molecule has 0 aromatic carbocycles. The molecular formula is C17H15ClN9O2S-. The molecule has 13 heteroatoms. The van der Waals surface area contributed by atoms with E-state index in [4.69, 9.17) is 17.3 Å². The Kier molecular flexibility index (Phi) is 5.55. The minimum atomic E-state index is -2.42. The molecule has 4 aromatic rings. The minimum absolute atomic E-state index is 0.00131. The van der Waals surface area contributed by atoms with Gasteiger partial charge >= 0.3 is 0 Å². The lowest BCUT2D eigenvalue weighted by Gasteiger charge is -2.11. The molecule has 0 saturated heterocycles. The zero-order chi connectivity index (χ0) is 21.3. The molecule has 4 aromatic heterocycles. The van der Waals surface area contributed by atoms with Crippen LogP contribution in [0, 0.1) is 6.92 Å². The Labute approximate surface area is 178 Å². The number of anilines is 3. The van der Waals surface area contributed by atoms with E-state index in [9.17, 15) is 8.76 Å². The Bertz CT molecular complexity index is 1240. The van der Waals surface area contributed by atoms with Gasteiger partial charge in [0.15, 0.2) is 11.6 Å². The van der Waals surface area contributed by atoms with E-state index < -0.39 is 11.3 Å². The summed E-state index contributed by atoms with van der Waals surface area (Å²) in [6.45, 7) is 1.72. The third-order valence-corrected chi connectivity index (χ3v) is 4.78. The molecule has 0 bridgehead atoms. The van der Waals surface area contributed by atoms with Gasteiger partial charge in [-0.3, -0.25) is 8.61 Å². The van der Waals surface area contributed by atoms with E-state index in [1.165, 1.54) is 6.20 Å². The third kappa shape index (κ3) is 4.21. The Morgan fingerprint density at radius 2 is 2.10 bits per heavy atom. The van der Waals surface area contributed by atoms with Gasteiger partial charge in [-0.2, -0.15) is 9.97 Å². The lowest BCUT2D eigenvalue weighted by molar-refractivity contribution is 0.522. The van der Waals surface area contributed by atoms with E-state index in [0.717, 1.165) is 0 Å². The largest absolute Gasteiger partial charge is 0.760 e. The number of hydrogen-bond donors (Lipinski definition) is 3. The molecule has 4 heterocycles. The second-order valence-corrected chi connectivity index (χ2v) is 7.27. The number of nitrogens with two attached hydrogens (primary N) is 1. The maximum absolute atomic E-state index is 10.8. The number of imidazole rings is 1. The average molecular weight is 445 g/mol. The molecule has 0 spiro atoms. The van der Waals surface area contributed by atoms with Crippen LogP contribution < -0.4 is 15.8 Å². The van der Waals surface area contributed by atoms with E-state index in [1.54, 1.807) is 13.0 Å². The van der Waals surface area contributed by atoms with Crippen molar-refractivity contribution in [3.05, 3.63) is 53.2 Å². The van der Waals surface area contributed by atoms with Crippen molar-refractivity contribution in [3.8, 4) is 11.5 Å². The van der Waals surface area contributed by atoms with Crippen molar-refractivity contribution in [2.75, 3.05) is 11.1 Å². The molecule has 154 valence electrons. The molecule has 0 saturated carbocycles. The number of rotatable bonds is 6. The first kappa shape index (κ1) is 20.1. The normalized spacial score (nSPS) is 12.2. The van der Waals surface area contributed by atoms with Crippen molar-refractivity contribution >= 4 is 46.0 Å². The van der Waals surface area contributed by atoms with Gasteiger partial charge in [0, 0.05) is 29.6 Å². The van der Waals surface area contributed by atoms with E-state index in [0.29, 0.717) is 40.1 Å². The highest BCUT2D eigenvalue weighted by Crippen LogP contribution is 2.30. The molecule has 0 amide bonds. The van der Waals surface area contributed by atoms with Gasteiger partial charge in [-0.25, -0.2) is 19.7 Å². The van der Waals surface area contributed by atoms with Crippen molar-refractivity contribution in [3.63, 3.8) is 0 Å². The molecule has 0 radical (unpaired) electrons. The fraction of sp³-hybridized carbons (Fsp3) is 0.118. The SMILES string of the molecule is Cc1nc(N)nc(-c2c(Nc3cnc(Cl)c(CNS(=O)[O-])c3)nc3ccccn23)n1. The zero-order valence-electron chi connectivity index (χ0n) is 15.5. The van der Waals surface area contributed by atoms with Gasteiger partial charge in [-0.1, -0.05) is 17.7 Å². The third-order valence-electron chi connectivity index (χ3n) is 4.06.